The average Bonchev–Trinajstić information content (AvgIpc) is 2.23. The highest BCUT2D eigenvalue weighted by Crippen LogP contribution is 1.87. The molecular weight excluding hydrogens is 212 g/mol. The first-order valence-corrected chi connectivity index (χ1v) is 5.30. The summed E-state index contributed by atoms with van der Waals surface area (Å²) >= 11 is 0. The van der Waals surface area contributed by atoms with Crippen LogP contribution in [-0.2, 0) is 23.8 Å². The van der Waals surface area contributed by atoms with Gasteiger partial charge in [-0.2, -0.15) is 0 Å². The molecule has 0 amide bonds. The monoisotopic (exact) mass is 234 g/mol. The number of hydrogen-bond acceptors (Lipinski definition) is 5. The van der Waals surface area contributed by atoms with Crippen molar-refractivity contribution in [2.45, 2.75) is 33.6 Å². The van der Waals surface area contributed by atoms with Crippen molar-refractivity contribution >= 4 is 11.9 Å². The van der Waals surface area contributed by atoms with Gasteiger partial charge in [0.15, 0.2) is 0 Å². The summed E-state index contributed by atoms with van der Waals surface area (Å²) in [6.07, 6.45) is 2.20. The minimum atomic E-state index is -0.246. The lowest BCUT2D eigenvalue weighted by atomic mass is 10.4. The Morgan fingerprint density at radius 2 is 1.56 bits per heavy atom. The molecular formula is C11H22O5. The number of rotatable bonds is 6. The van der Waals surface area contributed by atoms with E-state index in [1.165, 1.54) is 21.0 Å². The lowest BCUT2D eigenvalue weighted by Gasteiger charge is -2.02. The van der Waals surface area contributed by atoms with E-state index in [4.69, 9.17) is 4.74 Å². The first kappa shape index (κ1) is 17.3. The molecule has 0 saturated carbocycles. The van der Waals surface area contributed by atoms with Crippen LogP contribution in [0.2, 0.25) is 0 Å². The SMILES string of the molecule is CCCCOCCOC(C)=O.COC(C)=O. The van der Waals surface area contributed by atoms with Crippen molar-refractivity contribution in [3.8, 4) is 0 Å². The molecule has 0 N–H and O–H groups in total. The van der Waals surface area contributed by atoms with Crippen LogP contribution in [0.1, 0.15) is 33.6 Å². The van der Waals surface area contributed by atoms with Crippen molar-refractivity contribution in [2.24, 2.45) is 0 Å². The van der Waals surface area contributed by atoms with E-state index in [9.17, 15) is 9.59 Å². The molecule has 0 fully saturated rings. The molecule has 0 unspecified atom stereocenters. The molecule has 0 atom stereocenters. The third-order valence-electron chi connectivity index (χ3n) is 1.46. The zero-order valence-corrected chi connectivity index (χ0v) is 10.6. The number of unbranched alkanes of at least 4 members (excludes halogenated alkanes) is 1. The fraction of sp³-hybridized carbons (Fsp3) is 0.818. The highest BCUT2D eigenvalue weighted by atomic mass is 16.6. The molecule has 16 heavy (non-hydrogen) atoms. The first-order valence-electron chi connectivity index (χ1n) is 5.30. The first-order chi connectivity index (χ1) is 7.54. The standard InChI is InChI=1S/C8H16O3.C3H6O2/c1-3-4-5-10-6-7-11-8(2)9;1-3(4)5-2/h3-7H2,1-2H3;1-2H3. The van der Waals surface area contributed by atoms with E-state index in [1.807, 2.05) is 0 Å². The number of esters is 2. The Balaban J connectivity index is 0. The van der Waals surface area contributed by atoms with Gasteiger partial charge in [-0.15, -0.1) is 0 Å². The molecule has 0 aromatic heterocycles. The molecule has 0 saturated heterocycles. The van der Waals surface area contributed by atoms with Crippen LogP contribution in [0.4, 0.5) is 0 Å². The van der Waals surface area contributed by atoms with Gasteiger partial charge >= 0.3 is 11.9 Å². The van der Waals surface area contributed by atoms with Gasteiger partial charge in [0.1, 0.15) is 6.61 Å². The molecule has 0 aliphatic rings. The number of hydrogen-bond donors (Lipinski definition) is 0. The number of ether oxygens (including phenoxy) is 3. The molecule has 0 aliphatic heterocycles. The van der Waals surface area contributed by atoms with Gasteiger partial charge in [0, 0.05) is 20.5 Å². The van der Waals surface area contributed by atoms with Crippen LogP contribution in [0.25, 0.3) is 0 Å². The summed E-state index contributed by atoms with van der Waals surface area (Å²) in [6, 6.07) is 0. The Morgan fingerprint density at radius 3 is 1.94 bits per heavy atom. The molecule has 0 radical (unpaired) electrons. The van der Waals surface area contributed by atoms with Crippen molar-refractivity contribution in [1.29, 1.82) is 0 Å². The van der Waals surface area contributed by atoms with E-state index in [2.05, 4.69) is 16.4 Å². The van der Waals surface area contributed by atoms with E-state index in [1.54, 1.807) is 0 Å². The maximum absolute atomic E-state index is 10.3. The smallest absolute Gasteiger partial charge is 0.302 e. The van der Waals surface area contributed by atoms with Crippen molar-refractivity contribution in [3.63, 3.8) is 0 Å². The lowest BCUT2D eigenvalue weighted by Crippen LogP contribution is -2.07. The molecule has 0 spiro atoms. The quantitative estimate of drug-likeness (QED) is 0.515. The van der Waals surface area contributed by atoms with E-state index in [-0.39, 0.29) is 11.9 Å². The maximum Gasteiger partial charge on any atom is 0.302 e. The van der Waals surface area contributed by atoms with Crippen LogP contribution >= 0.6 is 0 Å². The van der Waals surface area contributed by atoms with E-state index < -0.39 is 0 Å². The third-order valence-corrected chi connectivity index (χ3v) is 1.46. The van der Waals surface area contributed by atoms with Gasteiger partial charge in [-0.1, -0.05) is 13.3 Å². The second kappa shape index (κ2) is 13.9. The van der Waals surface area contributed by atoms with Crippen molar-refractivity contribution in [2.75, 3.05) is 26.9 Å². The number of carbonyl (C=O) groups is 2. The van der Waals surface area contributed by atoms with Crippen LogP contribution in [0.3, 0.4) is 0 Å². The van der Waals surface area contributed by atoms with Gasteiger partial charge in [-0.25, -0.2) is 0 Å². The van der Waals surface area contributed by atoms with E-state index in [0.29, 0.717) is 13.2 Å². The zero-order chi connectivity index (χ0) is 12.8. The molecule has 96 valence electrons. The van der Waals surface area contributed by atoms with Crippen LogP contribution in [0.15, 0.2) is 0 Å². The highest BCUT2D eigenvalue weighted by Gasteiger charge is 1.91. The zero-order valence-electron chi connectivity index (χ0n) is 10.6. The molecule has 0 aliphatic carbocycles. The molecule has 0 aromatic carbocycles. The molecule has 0 bridgehead atoms. The fourth-order valence-corrected chi connectivity index (χ4v) is 0.593. The van der Waals surface area contributed by atoms with Gasteiger partial charge in [-0.3, -0.25) is 9.59 Å². The summed E-state index contributed by atoms with van der Waals surface area (Å²) < 4.78 is 13.9. The normalized spacial score (nSPS) is 8.75. The van der Waals surface area contributed by atoms with Crippen molar-refractivity contribution < 1.29 is 23.8 Å². The Bertz CT molecular complexity index is 179. The van der Waals surface area contributed by atoms with Gasteiger partial charge in [0.2, 0.25) is 0 Å². The van der Waals surface area contributed by atoms with Gasteiger partial charge in [0.25, 0.3) is 0 Å². The van der Waals surface area contributed by atoms with Crippen LogP contribution in [0.5, 0.6) is 0 Å². The summed E-state index contributed by atoms with van der Waals surface area (Å²) in [7, 11) is 1.35. The predicted molar refractivity (Wildman–Crippen MR) is 60.1 cm³/mol. The minimum absolute atomic E-state index is 0.245. The summed E-state index contributed by atoms with van der Waals surface area (Å²) in [5, 5.41) is 0. The highest BCUT2D eigenvalue weighted by molar-refractivity contribution is 5.66. The molecule has 0 aromatic rings. The molecule has 0 rings (SSSR count). The number of carbonyl (C=O) groups excluding carboxylic acids is 2. The van der Waals surface area contributed by atoms with Gasteiger partial charge in [0.05, 0.1) is 13.7 Å². The van der Waals surface area contributed by atoms with E-state index >= 15 is 0 Å². The summed E-state index contributed by atoms with van der Waals surface area (Å²) in [4.78, 5) is 19.8. The Hall–Kier alpha value is -1.10. The minimum Gasteiger partial charge on any atom is -0.469 e. The lowest BCUT2D eigenvalue weighted by molar-refractivity contribution is -0.142. The van der Waals surface area contributed by atoms with E-state index in [0.717, 1.165) is 19.4 Å². The van der Waals surface area contributed by atoms with Crippen LogP contribution in [0, 0.1) is 0 Å². The van der Waals surface area contributed by atoms with Crippen molar-refractivity contribution in [3.05, 3.63) is 0 Å². The fourth-order valence-electron chi connectivity index (χ4n) is 0.593. The van der Waals surface area contributed by atoms with Gasteiger partial charge < -0.3 is 14.2 Å². The Morgan fingerprint density at radius 1 is 1.00 bits per heavy atom. The molecule has 5 nitrogen and oxygen atoms in total. The molecule has 0 heterocycles. The van der Waals surface area contributed by atoms with Gasteiger partial charge in [-0.05, 0) is 6.42 Å². The maximum atomic E-state index is 10.3. The second-order valence-electron chi connectivity index (χ2n) is 3.00. The average molecular weight is 234 g/mol. The van der Waals surface area contributed by atoms with Crippen LogP contribution in [-0.4, -0.2) is 38.9 Å². The van der Waals surface area contributed by atoms with Crippen LogP contribution < -0.4 is 0 Å². The third kappa shape index (κ3) is 23.1. The Kier molecular flexibility index (Phi) is 15.0. The topological polar surface area (TPSA) is 61.8 Å². The summed E-state index contributed by atoms with van der Waals surface area (Å²) in [6.45, 7) is 6.51. The largest absolute Gasteiger partial charge is 0.469 e. The summed E-state index contributed by atoms with van der Waals surface area (Å²) in [5.74, 6) is -0.492. The molecule has 5 heteroatoms. The number of methoxy groups -OCH3 is 1. The second-order valence-corrected chi connectivity index (χ2v) is 3.00. The summed E-state index contributed by atoms with van der Waals surface area (Å²) in [5.41, 5.74) is 0. The van der Waals surface area contributed by atoms with Crippen molar-refractivity contribution in [1.82, 2.24) is 0 Å². The Labute approximate surface area is 97.1 Å². The predicted octanol–water partition coefficient (Wildman–Crippen LogP) is 1.55.